The van der Waals surface area contributed by atoms with Gasteiger partial charge in [0.2, 0.25) is 0 Å². The molecule has 370 valence electrons. The van der Waals surface area contributed by atoms with Gasteiger partial charge in [-0.15, -0.1) is 0 Å². The quantitative estimate of drug-likeness (QED) is 0.0751. The van der Waals surface area contributed by atoms with E-state index in [1.165, 1.54) is 97.6 Å². The number of unbranched alkanes of at least 4 members (excludes halogenated alkanes) is 5. The number of aromatic nitrogens is 1. The second kappa shape index (κ2) is 21.5. The molecule has 0 N–H and O–H groups in total. The van der Waals surface area contributed by atoms with Gasteiger partial charge in [0.25, 0.3) is 0 Å². The fourth-order valence-electron chi connectivity index (χ4n) is 11.9. The summed E-state index contributed by atoms with van der Waals surface area (Å²) < 4.78 is 8.45. The molecule has 1 aliphatic carbocycles. The van der Waals surface area contributed by atoms with Crippen molar-refractivity contribution in [1.29, 1.82) is 0 Å². The minimum atomic E-state index is -0.288. The summed E-state index contributed by atoms with van der Waals surface area (Å²) in [7, 11) is 0. The van der Waals surface area contributed by atoms with Crippen molar-refractivity contribution in [2.45, 2.75) is 50.4 Å². The summed E-state index contributed by atoms with van der Waals surface area (Å²) in [5.74, 6) is 0.928. The van der Waals surface area contributed by atoms with Crippen LogP contribution in [-0.4, -0.2) is 11.2 Å². The molecule has 0 saturated heterocycles. The first kappa shape index (κ1) is 48.0. The van der Waals surface area contributed by atoms with E-state index in [4.69, 9.17) is 4.74 Å². The Hall–Kier alpha value is -8.92. The van der Waals surface area contributed by atoms with E-state index in [9.17, 15) is 0 Å². The van der Waals surface area contributed by atoms with Gasteiger partial charge in [-0.05, 0) is 159 Å². The number of ether oxygens (including phenoxy) is 1. The van der Waals surface area contributed by atoms with Gasteiger partial charge < -0.3 is 14.2 Å². The number of rotatable bonds is 19. The zero-order valence-electron chi connectivity index (χ0n) is 43.1. The van der Waals surface area contributed by atoms with Crippen molar-refractivity contribution in [1.82, 2.24) is 4.57 Å². The maximum atomic E-state index is 6.05. The van der Waals surface area contributed by atoms with Gasteiger partial charge in [-0.2, -0.15) is 0 Å². The van der Waals surface area contributed by atoms with Gasteiger partial charge in [0, 0.05) is 38.9 Å². The second-order valence-corrected chi connectivity index (χ2v) is 20.2. The molecule has 10 aromatic carbocycles. The molecule has 1 atom stereocenters. The number of benzene rings is 10. The Morgan fingerprint density at radius 1 is 0.408 bits per heavy atom. The second-order valence-electron chi connectivity index (χ2n) is 20.2. The van der Waals surface area contributed by atoms with Gasteiger partial charge in [0.1, 0.15) is 5.75 Å². The van der Waals surface area contributed by atoms with Gasteiger partial charge >= 0.3 is 0 Å². The van der Waals surface area contributed by atoms with E-state index >= 15 is 0 Å². The Morgan fingerprint density at radius 3 is 1.55 bits per heavy atom. The number of fused-ring (bicyclic) bond motifs is 6. The van der Waals surface area contributed by atoms with Gasteiger partial charge in [-0.3, -0.25) is 0 Å². The molecule has 0 bridgehead atoms. The molecular weight excluding hydrogens is 921 g/mol. The zero-order valence-corrected chi connectivity index (χ0v) is 43.1. The maximum Gasteiger partial charge on any atom is 0.119 e. The Labute approximate surface area is 448 Å². The summed E-state index contributed by atoms with van der Waals surface area (Å²) >= 11 is 0. The van der Waals surface area contributed by atoms with Crippen LogP contribution in [0.3, 0.4) is 0 Å². The zero-order chi connectivity index (χ0) is 51.3. The first-order valence-corrected chi connectivity index (χ1v) is 27.1. The molecule has 3 nitrogen and oxygen atoms in total. The van der Waals surface area contributed by atoms with E-state index in [2.05, 4.69) is 253 Å². The van der Waals surface area contributed by atoms with E-state index < -0.39 is 0 Å². The van der Waals surface area contributed by atoms with Crippen LogP contribution in [-0.2, 0) is 5.41 Å². The van der Waals surface area contributed by atoms with Crippen LogP contribution in [0.2, 0.25) is 0 Å². The maximum absolute atomic E-state index is 6.05. The first-order chi connectivity index (χ1) is 37.6. The highest BCUT2D eigenvalue weighted by atomic mass is 16.5. The lowest BCUT2D eigenvalue weighted by Gasteiger charge is -2.34. The van der Waals surface area contributed by atoms with Crippen molar-refractivity contribution in [3.8, 4) is 44.8 Å². The van der Waals surface area contributed by atoms with Crippen LogP contribution < -0.4 is 9.64 Å². The molecule has 0 spiro atoms. The lowest BCUT2D eigenvalue weighted by Crippen LogP contribution is -2.27. The minimum absolute atomic E-state index is 0.288. The van der Waals surface area contributed by atoms with Crippen LogP contribution in [0.4, 0.5) is 17.1 Å². The molecular formula is C73H62N2O. The standard InChI is InChI=1S/C73H62N2O/c1-3-53-30-34-55(35-31-53)57-38-46-71-67(50-57)68-51-58(39-47-72(68)75(71)61-26-16-11-17-27-61)56-36-40-62(41-37-56)74(60-24-14-10-15-25-60)63-42-45-66-65-28-18-19-29-69(65)73(70(66)52-63,59-22-12-9-13-23-59)48-20-7-5-6-8-21-49-76-64-43-32-54(4-2)33-44-64/h3-4,9-19,22-47,50-52H,1-2,5-8,20-21,48-49H2. The fraction of sp³-hybridized carbons (Fsp3) is 0.123. The van der Waals surface area contributed by atoms with Gasteiger partial charge in [0.15, 0.2) is 0 Å². The topological polar surface area (TPSA) is 17.4 Å². The monoisotopic (exact) mass is 982 g/mol. The van der Waals surface area contributed by atoms with Crippen LogP contribution in [0.5, 0.6) is 5.75 Å². The first-order valence-electron chi connectivity index (χ1n) is 27.1. The van der Waals surface area contributed by atoms with Crippen LogP contribution in [0.25, 0.3) is 73.0 Å². The molecule has 76 heavy (non-hydrogen) atoms. The highest BCUT2D eigenvalue weighted by molar-refractivity contribution is 6.11. The van der Waals surface area contributed by atoms with Gasteiger partial charge in [-0.25, -0.2) is 0 Å². The molecule has 0 aliphatic heterocycles. The predicted octanol–water partition coefficient (Wildman–Crippen LogP) is 20.0. The van der Waals surface area contributed by atoms with Crippen LogP contribution >= 0.6 is 0 Å². The smallest absolute Gasteiger partial charge is 0.119 e. The van der Waals surface area contributed by atoms with E-state index in [1.54, 1.807) is 0 Å². The summed E-state index contributed by atoms with van der Waals surface area (Å²) in [6.45, 7) is 8.57. The Bertz CT molecular complexity index is 3800. The third kappa shape index (κ3) is 9.24. The lowest BCUT2D eigenvalue weighted by atomic mass is 9.69. The van der Waals surface area contributed by atoms with E-state index in [0.717, 1.165) is 65.5 Å². The molecule has 11 aromatic rings. The van der Waals surface area contributed by atoms with Gasteiger partial charge in [-0.1, -0.05) is 215 Å². The number of para-hydroxylation sites is 2. The molecule has 1 aliphatic rings. The Balaban J connectivity index is 0.857. The van der Waals surface area contributed by atoms with Crippen LogP contribution in [0, 0.1) is 0 Å². The lowest BCUT2D eigenvalue weighted by molar-refractivity contribution is 0.304. The number of anilines is 3. The molecule has 3 heteroatoms. The molecule has 0 radical (unpaired) electrons. The average Bonchev–Trinajstić information content (AvgIpc) is 4.16. The molecule has 0 fully saturated rings. The van der Waals surface area contributed by atoms with Crippen molar-refractivity contribution in [3.05, 3.63) is 284 Å². The van der Waals surface area contributed by atoms with Crippen molar-refractivity contribution >= 4 is 51.0 Å². The molecule has 1 aromatic heterocycles. The molecule has 12 rings (SSSR count). The van der Waals surface area contributed by atoms with E-state index in [1.807, 2.05) is 24.3 Å². The third-order valence-electron chi connectivity index (χ3n) is 15.7. The molecule has 0 saturated carbocycles. The fourth-order valence-corrected chi connectivity index (χ4v) is 11.9. The van der Waals surface area contributed by atoms with Crippen LogP contribution in [0.1, 0.15) is 72.8 Å². The normalized spacial score (nSPS) is 13.6. The van der Waals surface area contributed by atoms with Crippen molar-refractivity contribution in [2.24, 2.45) is 0 Å². The number of hydrogen-bond acceptors (Lipinski definition) is 2. The SMILES string of the molecule is C=Cc1ccc(OCCCCCCCCC2(c3ccccc3)c3ccccc3-c3ccc(N(c4ccccc4)c4ccc(-c5ccc6c(c5)c5cc(-c7ccc(C=C)cc7)ccc5n6-c5ccccc5)cc4)cc32)cc1. The number of hydrogen-bond donors (Lipinski definition) is 0. The van der Waals surface area contributed by atoms with Gasteiger partial charge in [0.05, 0.1) is 17.6 Å². The summed E-state index contributed by atoms with van der Waals surface area (Å²) in [4.78, 5) is 2.43. The molecule has 0 amide bonds. The third-order valence-corrected chi connectivity index (χ3v) is 15.7. The number of nitrogens with zero attached hydrogens (tertiary/aromatic N) is 2. The summed E-state index contributed by atoms with van der Waals surface area (Å²) in [5.41, 5.74) is 20.4. The van der Waals surface area contributed by atoms with Crippen molar-refractivity contribution in [3.63, 3.8) is 0 Å². The predicted molar refractivity (Wildman–Crippen MR) is 323 cm³/mol. The summed E-state index contributed by atoms with van der Waals surface area (Å²) in [6, 6.07) is 89.1. The van der Waals surface area contributed by atoms with E-state index in [0.29, 0.717) is 0 Å². The minimum Gasteiger partial charge on any atom is -0.494 e. The van der Waals surface area contributed by atoms with Crippen LogP contribution in [0.15, 0.2) is 256 Å². The van der Waals surface area contributed by atoms with E-state index in [-0.39, 0.29) is 5.41 Å². The Morgan fingerprint density at radius 2 is 0.908 bits per heavy atom. The van der Waals surface area contributed by atoms with Crippen molar-refractivity contribution in [2.75, 3.05) is 11.5 Å². The summed E-state index contributed by atoms with van der Waals surface area (Å²) in [5, 5.41) is 2.46. The Kier molecular flexibility index (Phi) is 13.6. The summed E-state index contributed by atoms with van der Waals surface area (Å²) in [6.07, 6.45) is 11.8. The largest absolute Gasteiger partial charge is 0.494 e. The molecule has 1 unspecified atom stereocenters. The highest BCUT2D eigenvalue weighted by Gasteiger charge is 2.44. The molecule has 1 heterocycles. The average molecular weight is 983 g/mol. The highest BCUT2D eigenvalue weighted by Crippen LogP contribution is 2.56. The van der Waals surface area contributed by atoms with Crippen molar-refractivity contribution < 1.29 is 4.74 Å².